The largest absolute Gasteiger partial charge is 0.469 e. The molecule has 1 aromatic carbocycles. The van der Waals surface area contributed by atoms with Gasteiger partial charge in [-0.15, -0.1) is 0 Å². The van der Waals surface area contributed by atoms with E-state index < -0.39 is 0 Å². The summed E-state index contributed by atoms with van der Waals surface area (Å²) in [5.41, 5.74) is 0.911. The Hall–Kier alpha value is -1.84. The van der Waals surface area contributed by atoms with Gasteiger partial charge in [0.15, 0.2) is 0 Å². The van der Waals surface area contributed by atoms with Crippen LogP contribution in [0.2, 0.25) is 0 Å². The Morgan fingerprint density at radius 2 is 1.78 bits per heavy atom. The van der Waals surface area contributed by atoms with Crippen LogP contribution >= 0.6 is 0 Å². The lowest BCUT2D eigenvalue weighted by atomic mass is 9.93. The van der Waals surface area contributed by atoms with E-state index in [-0.39, 0.29) is 17.9 Å². The molecule has 0 amide bonds. The molecule has 0 aliphatic heterocycles. The van der Waals surface area contributed by atoms with Crippen LogP contribution in [0.3, 0.4) is 0 Å². The maximum atomic E-state index is 11.7. The van der Waals surface area contributed by atoms with E-state index in [1.165, 1.54) is 14.2 Å². The number of hydrogen-bond acceptors (Lipinski definition) is 4. The van der Waals surface area contributed by atoms with Gasteiger partial charge in [-0.3, -0.25) is 9.59 Å². The number of benzene rings is 1. The Bertz CT molecular complexity index is 386. The minimum Gasteiger partial charge on any atom is -0.469 e. The molecule has 0 heterocycles. The molecular formula is C14H18O4. The number of methoxy groups -OCH3 is 2. The summed E-state index contributed by atoms with van der Waals surface area (Å²) in [6.45, 7) is 0. The number of esters is 2. The van der Waals surface area contributed by atoms with Crippen molar-refractivity contribution >= 4 is 11.9 Å². The first-order valence-corrected chi connectivity index (χ1v) is 5.88. The Kier molecular flexibility index (Phi) is 5.91. The molecule has 4 nitrogen and oxygen atoms in total. The van der Waals surface area contributed by atoms with E-state index in [2.05, 4.69) is 4.74 Å². The normalized spacial score (nSPS) is 11.7. The third-order valence-corrected chi connectivity index (χ3v) is 2.79. The van der Waals surface area contributed by atoms with Crippen LogP contribution in [0.4, 0.5) is 0 Å². The third kappa shape index (κ3) is 4.20. The Balaban J connectivity index is 2.63. The number of rotatable bonds is 6. The monoisotopic (exact) mass is 250 g/mol. The van der Waals surface area contributed by atoms with Crippen molar-refractivity contribution in [3.8, 4) is 0 Å². The smallest absolute Gasteiger partial charge is 0.313 e. The molecule has 0 bridgehead atoms. The van der Waals surface area contributed by atoms with E-state index >= 15 is 0 Å². The van der Waals surface area contributed by atoms with Crippen molar-refractivity contribution < 1.29 is 19.1 Å². The highest BCUT2D eigenvalue weighted by molar-refractivity contribution is 5.78. The van der Waals surface area contributed by atoms with E-state index in [1.807, 2.05) is 30.3 Å². The van der Waals surface area contributed by atoms with Crippen molar-refractivity contribution in [2.24, 2.45) is 0 Å². The first kappa shape index (κ1) is 14.2. The quantitative estimate of drug-likeness (QED) is 0.727. The zero-order valence-electron chi connectivity index (χ0n) is 10.7. The van der Waals surface area contributed by atoms with Gasteiger partial charge in [0.1, 0.15) is 0 Å². The molecule has 1 atom stereocenters. The van der Waals surface area contributed by atoms with Crippen molar-refractivity contribution in [3.05, 3.63) is 35.9 Å². The molecule has 0 saturated carbocycles. The molecule has 0 N–H and O–H groups in total. The van der Waals surface area contributed by atoms with Crippen molar-refractivity contribution in [2.75, 3.05) is 14.2 Å². The second-order valence-corrected chi connectivity index (χ2v) is 3.95. The summed E-state index contributed by atoms with van der Waals surface area (Å²) < 4.78 is 9.36. The summed E-state index contributed by atoms with van der Waals surface area (Å²) in [5.74, 6) is -0.849. The predicted octanol–water partition coefficient (Wildman–Crippen LogP) is 2.29. The summed E-state index contributed by atoms with van der Waals surface area (Å²) in [6, 6.07) is 9.43. The van der Waals surface area contributed by atoms with Gasteiger partial charge < -0.3 is 9.47 Å². The van der Waals surface area contributed by atoms with Crippen molar-refractivity contribution in [1.82, 2.24) is 0 Å². The van der Waals surface area contributed by atoms with Crippen LogP contribution in [0.5, 0.6) is 0 Å². The third-order valence-electron chi connectivity index (χ3n) is 2.79. The number of carbonyl (C=O) groups is 2. The van der Waals surface area contributed by atoms with Crippen LogP contribution < -0.4 is 0 Å². The van der Waals surface area contributed by atoms with Gasteiger partial charge in [0.2, 0.25) is 0 Å². The van der Waals surface area contributed by atoms with Gasteiger partial charge in [-0.2, -0.15) is 0 Å². The average Bonchev–Trinajstić information content (AvgIpc) is 2.43. The fourth-order valence-corrected chi connectivity index (χ4v) is 1.80. The summed E-state index contributed by atoms with van der Waals surface area (Å²) in [4.78, 5) is 22.8. The molecule has 1 unspecified atom stereocenters. The van der Waals surface area contributed by atoms with Crippen LogP contribution in [-0.4, -0.2) is 26.2 Å². The first-order valence-electron chi connectivity index (χ1n) is 5.88. The molecule has 18 heavy (non-hydrogen) atoms. The Morgan fingerprint density at radius 1 is 1.11 bits per heavy atom. The molecule has 98 valence electrons. The lowest BCUT2D eigenvalue weighted by Gasteiger charge is -2.14. The van der Waals surface area contributed by atoms with Gasteiger partial charge in [-0.1, -0.05) is 30.3 Å². The molecule has 0 aliphatic carbocycles. The number of ether oxygens (including phenoxy) is 2. The van der Waals surface area contributed by atoms with Crippen LogP contribution in [0, 0.1) is 0 Å². The molecule has 1 rings (SSSR count). The molecule has 0 radical (unpaired) electrons. The van der Waals surface area contributed by atoms with Gasteiger partial charge in [0, 0.05) is 6.42 Å². The second-order valence-electron chi connectivity index (χ2n) is 3.95. The summed E-state index contributed by atoms with van der Waals surface area (Å²) in [6.07, 6.45) is 1.49. The highest BCUT2D eigenvalue weighted by Gasteiger charge is 2.21. The molecule has 0 spiro atoms. The first-order chi connectivity index (χ1) is 8.69. The molecule has 4 heteroatoms. The lowest BCUT2D eigenvalue weighted by molar-refractivity contribution is -0.144. The van der Waals surface area contributed by atoms with Crippen LogP contribution in [0.1, 0.15) is 30.7 Å². The van der Waals surface area contributed by atoms with E-state index in [9.17, 15) is 9.59 Å². The van der Waals surface area contributed by atoms with E-state index in [1.54, 1.807) is 0 Å². The molecule has 0 aliphatic rings. The zero-order chi connectivity index (χ0) is 13.4. The van der Waals surface area contributed by atoms with Crippen molar-refractivity contribution in [2.45, 2.75) is 25.2 Å². The fraction of sp³-hybridized carbons (Fsp3) is 0.429. The van der Waals surface area contributed by atoms with Crippen molar-refractivity contribution in [3.63, 3.8) is 0 Å². The van der Waals surface area contributed by atoms with E-state index in [0.717, 1.165) is 5.56 Å². The van der Waals surface area contributed by atoms with Gasteiger partial charge >= 0.3 is 11.9 Å². The maximum absolute atomic E-state index is 11.7. The summed E-state index contributed by atoms with van der Waals surface area (Å²) in [5, 5.41) is 0. The average molecular weight is 250 g/mol. The summed E-state index contributed by atoms with van der Waals surface area (Å²) in [7, 11) is 2.73. The van der Waals surface area contributed by atoms with E-state index in [0.29, 0.717) is 19.3 Å². The number of carbonyl (C=O) groups excluding carboxylic acids is 2. The maximum Gasteiger partial charge on any atom is 0.313 e. The zero-order valence-corrected chi connectivity index (χ0v) is 10.7. The van der Waals surface area contributed by atoms with Crippen LogP contribution in [0.25, 0.3) is 0 Å². The minimum absolute atomic E-state index is 0.258. The predicted molar refractivity (Wildman–Crippen MR) is 67.1 cm³/mol. The fourth-order valence-electron chi connectivity index (χ4n) is 1.80. The van der Waals surface area contributed by atoms with Gasteiger partial charge in [0.25, 0.3) is 0 Å². The van der Waals surface area contributed by atoms with E-state index in [4.69, 9.17) is 4.74 Å². The topological polar surface area (TPSA) is 52.6 Å². The SMILES string of the molecule is COC(=O)CCCC(C(=O)OC)c1ccccc1. The minimum atomic E-state index is -0.319. The lowest BCUT2D eigenvalue weighted by Crippen LogP contribution is -2.15. The van der Waals surface area contributed by atoms with Gasteiger partial charge in [-0.25, -0.2) is 0 Å². The molecule has 0 aromatic heterocycles. The second kappa shape index (κ2) is 7.48. The molecule has 0 saturated heterocycles. The van der Waals surface area contributed by atoms with Crippen LogP contribution in [-0.2, 0) is 19.1 Å². The van der Waals surface area contributed by atoms with Crippen molar-refractivity contribution in [1.29, 1.82) is 0 Å². The summed E-state index contributed by atoms with van der Waals surface area (Å²) >= 11 is 0. The molecule has 1 aromatic rings. The Morgan fingerprint density at radius 3 is 2.33 bits per heavy atom. The molecule has 0 fully saturated rings. The Labute approximate surface area is 107 Å². The van der Waals surface area contributed by atoms with Crippen LogP contribution in [0.15, 0.2) is 30.3 Å². The number of hydrogen-bond donors (Lipinski definition) is 0. The van der Waals surface area contributed by atoms with Gasteiger partial charge in [0.05, 0.1) is 20.1 Å². The highest BCUT2D eigenvalue weighted by Crippen LogP contribution is 2.23. The highest BCUT2D eigenvalue weighted by atomic mass is 16.5. The van der Waals surface area contributed by atoms with Gasteiger partial charge in [-0.05, 0) is 18.4 Å². The standard InChI is InChI=1S/C14H18O4/c1-17-13(15)10-6-9-12(14(16)18-2)11-7-4-3-5-8-11/h3-5,7-8,12H,6,9-10H2,1-2H3. The molecular weight excluding hydrogens is 232 g/mol.